The number of rotatable bonds is 7. The Bertz CT molecular complexity index is 337. The lowest BCUT2D eigenvalue weighted by atomic mass is 10.2. The van der Waals surface area contributed by atoms with Gasteiger partial charge in [-0.2, -0.15) is 0 Å². The molecule has 0 spiro atoms. The fourth-order valence-electron chi connectivity index (χ4n) is 2.04. The molecule has 0 fully saturated rings. The predicted octanol–water partition coefficient (Wildman–Crippen LogP) is 1.13. The Balaban J connectivity index is 1.70. The van der Waals surface area contributed by atoms with E-state index in [1.807, 2.05) is 4.68 Å². The molecule has 0 unspecified atom stereocenters. The summed E-state index contributed by atoms with van der Waals surface area (Å²) in [6.45, 7) is 6.71. The fourth-order valence-corrected chi connectivity index (χ4v) is 2.04. The maximum absolute atomic E-state index is 5.54. The van der Waals surface area contributed by atoms with Gasteiger partial charge in [-0.25, -0.2) is 4.68 Å². The van der Waals surface area contributed by atoms with Crippen molar-refractivity contribution in [1.29, 1.82) is 0 Å². The third-order valence-electron chi connectivity index (χ3n) is 3.05. The maximum atomic E-state index is 5.54. The summed E-state index contributed by atoms with van der Waals surface area (Å²) < 4.78 is 7.58. The van der Waals surface area contributed by atoms with Gasteiger partial charge in [0.2, 0.25) is 0 Å². The highest BCUT2D eigenvalue weighted by Crippen LogP contribution is 2.10. The van der Waals surface area contributed by atoms with Crippen LogP contribution in [-0.4, -0.2) is 34.8 Å². The van der Waals surface area contributed by atoms with Gasteiger partial charge in [0.15, 0.2) is 0 Å². The normalized spacial score (nSPS) is 14.9. The summed E-state index contributed by atoms with van der Waals surface area (Å²) in [5, 5.41) is 11.7. The topological polar surface area (TPSA) is 52.0 Å². The Morgan fingerprint density at radius 2 is 2.24 bits per heavy atom. The quantitative estimate of drug-likeness (QED) is 0.724. The number of nitrogens with zero attached hydrogens (tertiary/aromatic N) is 3. The first-order chi connectivity index (χ1) is 8.42. The number of ether oxygens (including phenoxy) is 1. The van der Waals surface area contributed by atoms with Crippen LogP contribution in [0.3, 0.4) is 0 Å². The highest BCUT2D eigenvalue weighted by Gasteiger charge is 2.15. The molecule has 1 aromatic rings. The summed E-state index contributed by atoms with van der Waals surface area (Å²) in [5.74, 6) is 0. The number of aryl methyl sites for hydroxylation is 1. The zero-order valence-electron chi connectivity index (χ0n) is 10.6. The number of hydrogen-bond acceptors (Lipinski definition) is 4. The van der Waals surface area contributed by atoms with Crippen molar-refractivity contribution >= 4 is 0 Å². The van der Waals surface area contributed by atoms with Crippen LogP contribution >= 0.6 is 0 Å². The van der Waals surface area contributed by atoms with Gasteiger partial charge in [0, 0.05) is 39.3 Å². The number of unbranched alkanes of at least 4 members (excludes halogenated alkanes) is 1. The predicted molar refractivity (Wildman–Crippen MR) is 65.8 cm³/mol. The van der Waals surface area contributed by atoms with Crippen molar-refractivity contribution in [2.24, 2.45) is 0 Å². The Kier molecular flexibility index (Phi) is 4.94. The Labute approximate surface area is 103 Å². The average Bonchev–Trinajstić information content (AvgIpc) is 2.77. The van der Waals surface area contributed by atoms with Crippen LogP contribution in [0.1, 0.15) is 37.6 Å². The SMILES string of the molecule is CCCCOCCCn1nnc2c1CCNC2. The average molecular weight is 238 g/mol. The largest absolute Gasteiger partial charge is 0.381 e. The van der Waals surface area contributed by atoms with Gasteiger partial charge < -0.3 is 10.1 Å². The van der Waals surface area contributed by atoms with Gasteiger partial charge in [0.1, 0.15) is 0 Å². The molecule has 0 radical (unpaired) electrons. The van der Waals surface area contributed by atoms with E-state index in [1.165, 1.54) is 12.1 Å². The molecule has 0 saturated heterocycles. The summed E-state index contributed by atoms with van der Waals surface area (Å²) in [6.07, 6.45) is 4.42. The van der Waals surface area contributed by atoms with Crippen LogP contribution in [0.15, 0.2) is 0 Å². The first kappa shape index (κ1) is 12.5. The second kappa shape index (κ2) is 6.71. The van der Waals surface area contributed by atoms with Crippen molar-refractivity contribution in [3.05, 3.63) is 11.4 Å². The van der Waals surface area contributed by atoms with Crippen molar-refractivity contribution in [1.82, 2.24) is 20.3 Å². The minimum Gasteiger partial charge on any atom is -0.381 e. The van der Waals surface area contributed by atoms with E-state index in [0.717, 1.165) is 57.8 Å². The van der Waals surface area contributed by atoms with Gasteiger partial charge >= 0.3 is 0 Å². The summed E-state index contributed by atoms with van der Waals surface area (Å²) >= 11 is 0. The summed E-state index contributed by atoms with van der Waals surface area (Å²) in [4.78, 5) is 0. The molecule has 1 aliphatic rings. The number of aromatic nitrogens is 3. The highest BCUT2D eigenvalue weighted by molar-refractivity contribution is 5.13. The van der Waals surface area contributed by atoms with E-state index in [1.54, 1.807) is 0 Å². The molecule has 0 bridgehead atoms. The Morgan fingerprint density at radius 3 is 3.12 bits per heavy atom. The molecule has 5 heteroatoms. The third-order valence-corrected chi connectivity index (χ3v) is 3.05. The van der Waals surface area contributed by atoms with Gasteiger partial charge in [-0.05, 0) is 12.8 Å². The van der Waals surface area contributed by atoms with Gasteiger partial charge in [-0.3, -0.25) is 0 Å². The van der Waals surface area contributed by atoms with Crippen molar-refractivity contribution in [2.75, 3.05) is 19.8 Å². The molecule has 2 rings (SSSR count). The van der Waals surface area contributed by atoms with Crippen LogP contribution in [0, 0.1) is 0 Å². The molecule has 5 nitrogen and oxygen atoms in total. The molecule has 17 heavy (non-hydrogen) atoms. The second-order valence-corrected chi connectivity index (χ2v) is 4.45. The lowest BCUT2D eigenvalue weighted by Crippen LogP contribution is -2.25. The zero-order chi connectivity index (χ0) is 11.9. The molecular formula is C12H22N4O. The molecule has 0 atom stereocenters. The Hall–Kier alpha value is -0.940. The number of fused-ring (bicyclic) bond motifs is 1. The second-order valence-electron chi connectivity index (χ2n) is 4.45. The molecule has 1 N–H and O–H groups in total. The van der Waals surface area contributed by atoms with Gasteiger partial charge in [-0.15, -0.1) is 5.10 Å². The molecular weight excluding hydrogens is 216 g/mol. The van der Waals surface area contributed by atoms with Crippen LogP contribution in [0.25, 0.3) is 0 Å². The van der Waals surface area contributed by atoms with E-state index in [2.05, 4.69) is 22.6 Å². The lowest BCUT2D eigenvalue weighted by molar-refractivity contribution is 0.125. The molecule has 0 amide bonds. The van der Waals surface area contributed by atoms with Crippen molar-refractivity contribution < 1.29 is 4.74 Å². The summed E-state index contributed by atoms with van der Waals surface area (Å²) in [5.41, 5.74) is 2.42. The van der Waals surface area contributed by atoms with E-state index in [4.69, 9.17) is 4.74 Å². The molecule has 0 aliphatic carbocycles. The molecule has 1 aromatic heterocycles. The van der Waals surface area contributed by atoms with Crippen LogP contribution in [-0.2, 0) is 24.2 Å². The third kappa shape index (κ3) is 3.51. The monoisotopic (exact) mass is 238 g/mol. The number of hydrogen-bond donors (Lipinski definition) is 1. The van der Waals surface area contributed by atoms with Crippen molar-refractivity contribution in [3.63, 3.8) is 0 Å². The number of nitrogens with one attached hydrogen (secondary N) is 1. The summed E-state index contributed by atoms with van der Waals surface area (Å²) in [7, 11) is 0. The highest BCUT2D eigenvalue weighted by atomic mass is 16.5. The van der Waals surface area contributed by atoms with Crippen LogP contribution < -0.4 is 5.32 Å². The van der Waals surface area contributed by atoms with Gasteiger partial charge in [-0.1, -0.05) is 18.6 Å². The van der Waals surface area contributed by atoms with E-state index >= 15 is 0 Å². The first-order valence-electron chi connectivity index (χ1n) is 6.61. The van der Waals surface area contributed by atoms with E-state index in [-0.39, 0.29) is 0 Å². The van der Waals surface area contributed by atoms with Gasteiger partial charge in [0.25, 0.3) is 0 Å². The summed E-state index contributed by atoms with van der Waals surface area (Å²) in [6, 6.07) is 0. The van der Waals surface area contributed by atoms with E-state index in [9.17, 15) is 0 Å². The minimum absolute atomic E-state index is 0.826. The molecule has 96 valence electrons. The van der Waals surface area contributed by atoms with Crippen molar-refractivity contribution in [3.8, 4) is 0 Å². The zero-order valence-corrected chi connectivity index (χ0v) is 10.6. The first-order valence-corrected chi connectivity index (χ1v) is 6.61. The van der Waals surface area contributed by atoms with Crippen LogP contribution in [0.2, 0.25) is 0 Å². The van der Waals surface area contributed by atoms with Crippen molar-refractivity contribution in [2.45, 2.75) is 45.7 Å². The maximum Gasteiger partial charge on any atom is 0.0997 e. The van der Waals surface area contributed by atoms with Crippen LogP contribution in [0.5, 0.6) is 0 Å². The Morgan fingerprint density at radius 1 is 1.35 bits per heavy atom. The van der Waals surface area contributed by atoms with E-state index < -0.39 is 0 Å². The molecule has 0 aromatic carbocycles. The molecule has 2 heterocycles. The van der Waals surface area contributed by atoms with E-state index in [0.29, 0.717) is 0 Å². The van der Waals surface area contributed by atoms with Gasteiger partial charge in [0.05, 0.1) is 11.4 Å². The fraction of sp³-hybridized carbons (Fsp3) is 0.833. The smallest absolute Gasteiger partial charge is 0.0997 e. The van der Waals surface area contributed by atoms with Crippen LogP contribution in [0.4, 0.5) is 0 Å². The molecule has 1 aliphatic heterocycles. The minimum atomic E-state index is 0.826. The standard InChI is InChI=1S/C12H22N4O/c1-2-3-8-17-9-4-7-16-12-5-6-13-10-11(12)14-15-16/h13H,2-10H2,1H3. The molecule has 0 saturated carbocycles. The lowest BCUT2D eigenvalue weighted by Gasteiger charge is -2.13.